The predicted molar refractivity (Wildman–Crippen MR) is 79.3 cm³/mol. The number of methoxy groups -OCH3 is 1. The minimum Gasteiger partial charge on any atom is -0.491 e. The molecule has 0 aromatic heterocycles. The van der Waals surface area contributed by atoms with Crippen molar-refractivity contribution in [3.63, 3.8) is 0 Å². The largest absolute Gasteiger partial charge is 0.491 e. The lowest BCUT2D eigenvalue weighted by atomic mass is 10.0. The van der Waals surface area contributed by atoms with Gasteiger partial charge in [-0.3, -0.25) is 5.32 Å². The van der Waals surface area contributed by atoms with Gasteiger partial charge in [-0.15, -0.1) is 0 Å². The lowest BCUT2D eigenvalue weighted by molar-refractivity contribution is -0.151. The zero-order valence-corrected chi connectivity index (χ0v) is 12.6. The molecule has 1 atom stereocenters. The predicted octanol–water partition coefficient (Wildman–Crippen LogP) is 1.77. The lowest BCUT2D eigenvalue weighted by Crippen LogP contribution is -2.54. The highest BCUT2D eigenvalue weighted by Gasteiger charge is 2.39. The van der Waals surface area contributed by atoms with Crippen LogP contribution < -0.4 is 10.1 Å². The van der Waals surface area contributed by atoms with E-state index in [-0.39, 0.29) is 12.6 Å². The maximum absolute atomic E-state index is 11.9. The Balaban J connectivity index is 1.70. The summed E-state index contributed by atoms with van der Waals surface area (Å²) in [5, 5.41) is 3.29. The van der Waals surface area contributed by atoms with E-state index < -0.39 is 5.54 Å². The summed E-state index contributed by atoms with van der Waals surface area (Å²) in [7, 11) is 1.40. The van der Waals surface area contributed by atoms with Gasteiger partial charge in [0.25, 0.3) is 0 Å². The van der Waals surface area contributed by atoms with Crippen LogP contribution in [0.5, 0.6) is 5.75 Å². The van der Waals surface area contributed by atoms with Crippen molar-refractivity contribution < 1.29 is 19.0 Å². The molecule has 0 aliphatic heterocycles. The van der Waals surface area contributed by atoms with Crippen LogP contribution in [0.15, 0.2) is 30.3 Å². The van der Waals surface area contributed by atoms with Gasteiger partial charge in [-0.2, -0.15) is 0 Å². The molecule has 116 valence electrons. The van der Waals surface area contributed by atoms with Gasteiger partial charge >= 0.3 is 5.97 Å². The molecule has 0 bridgehead atoms. The molecule has 0 radical (unpaired) electrons. The molecule has 0 spiro atoms. The summed E-state index contributed by atoms with van der Waals surface area (Å²) >= 11 is 0. The van der Waals surface area contributed by atoms with Gasteiger partial charge in [0.2, 0.25) is 0 Å². The van der Waals surface area contributed by atoms with Crippen LogP contribution in [0.2, 0.25) is 0 Å². The van der Waals surface area contributed by atoms with Crippen molar-refractivity contribution >= 4 is 5.97 Å². The Labute approximate surface area is 125 Å². The molecular formula is C16H23NO4. The Morgan fingerprint density at radius 3 is 2.62 bits per heavy atom. The average molecular weight is 293 g/mol. The maximum Gasteiger partial charge on any atom is 0.328 e. The summed E-state index contributed by atoms with van der Waals surface area (Å²) in [6.07, 6.45) is 2.20. The third kappa shape index (κ3) is 5.02. The standard InChI is InChI=1S/C16H23NO4/c1-16(15(18)19-2,17-13-8-9-13)12-20-10-11-21-14-6-4-3-5-7-14/h3-7,13,17H,8-12H2,1-2H3. The first-order chi connectivity index (χ1) is 10.1. The molecule has 1 aliphatic rings. The van der Waals surface area contributed by atoms with E-state index in [0.29, 0.717) is 19.3 Å². The molecule has 0 amide bonds. The van der Waals surface area contributed by atoms with Crippen molar-refractivity contribution in [2.45, 2.75) is 31.3 Å². The molecular weight excluding hydrogens is 270 g/mol. The molecule has 1 aliphatic carbocycles. The summed E-state index contributed by atoms with van der Waals surface area (Å²) in [6.45, 7) is 2.96. The molecule has 5 nitrogen and oxygen atoms in total. The second-order valence-electron chi connectivity index (χ2n) is 5.46. The van der Waals surface area contributed by atoms with Crippen molar-refractivity contribution in [2.75, 3.05) is 26.9 Å². The van der Waals surface area contributed by atoms with E-state index in [1.807, 2.05) is 37.3 Å². The molecule has 0 saturated heterocycles. The van der Waals surface area contributed by atoms with E-state index in [2.05, 4.69) is 5.32 Å². The van der Waals surface area contributed by atoms with E-state index in [4.69, 9.17) is 14.2 Å². The molecule has 1 saturated carbocycles. The van der Waals surface area contributed by atoms with Crippen LogP contribution in [0, 0.1) is 0 Å². The molecule has 21 heavy (non-hydrogen) atoms. The van der Waals surface area contributed by atoms with Crippen LogP contribution in [0.1, 0.15) is 19.8 Å². The second-order valence-corrected chi connectivity index (χ2v) is 5.46. The summed E-state index contributed by atoms with van der Waals surface area (Å²) in [6, 6.07) is 9.97. The SMILES string of the molecule is COC(=O)C(C)(COCCOc1ccccc1)NC1CC1. The smallest absolute Gasteiger partial charge is 0.328 e. The quantitative estimate of drug-likeness (QED) is 0.555. The highest BCUT2D eigenvalue weighted by atomic mass is 16.5. The highest BCUT2D eigenvalue weighted by molar-refractivity contribution is 5.80. The van der Waals surface area contributed by atoms with Crippen molar-refractivity contribution in [3.8, 4) is 5.75 Å². The van der Waals surface area contributed by atoms with E-state index in [1.54, 1.807) is 0 Å². The van der Waals surface area contributed by atoms with Crippen LogP contribution >= 0.6 is 0 Å². The first-order valence-corrected chi connectivity index (χ1v) is 7.26. The van der Waals surface area contributed by atoms with Crippen molar-refractivity contribution in [1.82, 2.24) is 5.32 Å². The maximum atomic E-state index is 11.9. The minimum absolute atomic E-state index is 0.272. The fraction of sp³-hybridized carbons (Fsp3) is 0.562. The van der Waals surface area contributed by atoms with Gasteiger partial charge in [-0.05, 0) is 31.9 Å². The Bertz CT molecular complexity index is 447. The number of carbonyl (C=O) groups excluding carboxylic acids is 1. The zero-order valence-electron chi connectivity index (χ0n) is 12.6. The summed E-state index contributed by atoms with van der Waals surface area (Å²) < 4.78 is 16.0. The second kappa shape index (κ2) is 7.43. The summed E-state index contributed by atoms with van der Waals surface area (Å²) in [4.78, 5) is 11.9. The fourth-order valence-corrected chi connectivity index (χ4v) is 2.07. The van der Waals surface area contributed by atoms with E-state index in [0.717, 1.165) is 18.6 Å². The molecule has 5 heteroatoms. The monoisotopic (exact) mass is 293 g/mol. The average Bonchev–Trinajstić information content (AvgIpc) is 3.31. The molecule has 1 N–H and O–H groups in total. The number of rotatable bonds is 9. The normalized spacial score (nSPS) is 17.0. The number of ether oxygens (including phenoxy) is 3. The molecule has 2 rings (SSSR count). The van der Waals surface area contributed by atoms with Gasteiger partial charge < -0.3 is 14.2 Å². The molecule has 0 heterocycles. The van der Waals surface area contributed by atoms with E-state index in [9.17, 15) is 4.79 Å². The molecule has 1 aromatic carbocycles. The number of benzene rings is 1. The highest BCUT2D eigenvalue weighted by Crippen LogP contribution is 2.23. The van der Waals surface area contributed by atoms with E-state index in [1.165, 1.54) is 7.11 Å². The number of esters is 1. The lowest BCUT2D eigenvalue weighted by Gasteiger charge is -2.27. The molecule has 1 aromatic rings. The number of hydrogen-bond donors (Lipinski definition) is 1. The van der Waals surface area contributed by atoms with Crippen LogP contribution in [0.25, 0.3) is 0 Å². The van der Waals surface area contributed by atoms with Crippen molar-refractivity contribution in [1.29, 1.82) is 0 Å². The van der Waals surface area contributed by atoms with Gasteiger partial charge in [0, 0.05) is 6.04 Å². The number of hydrogen-bond acceptors (Lipinski definition) is 5. The third-order valence-electron chi connectivity index (χ3n) is 3.37. The Morgan fingerprint density at radius 2 is 2.00 bits per heavy atom. The minimum atomic E-state index is -0.789. The van der Waals surface area contributed by atoms with Gasteiger partial charge in [0.1, 0.15) is 17.9 Å². The van der Waals surface area contributed by atoms with Gasteiger partial charge in [-0.25, -0.2) is 4.79 Å². The van der Waals surface area contributed by atoms with Crippen LogP contribution in [-0.2, 0) is 14.3 Å². The first kappa shape index (κ1) is 15.8. The fourth-order valence-electron chi connectivity index (χ4n) is 2.07. The van der Waals surface area contributed by atoms with Crippen molar-refractivity contribution in [2.24, 2.45) is 0 Å². The topological polar surface area (TPSA) is 56.8 Å². The molecule has 1 fully saturated rings. The van der Waals surface area contributed by atoms with Gasteiger partial charge in [0.05, 0.1) is 20.3 Å². The Morgan fingerprint density at radius 1 is 1.29 bits per heavy atom. The summed E-state index contributed by atoms with van der Waals surface area (Å²) in [5.74, 6) is 0.520. The third-order valence-corrected chi connectivity index (χ3v) is 3.37. The van der Waals surface area contributed by atoms with Crippen LogP contribution in [0.3, 0.4) is 0 Å². The van der Waals surface area contributed by atoms with Crippen LogP contribution in [0.4, 0.5) is 0 Å². The number of nitrogens with one attached hydrogen (secondary N) is 1. The van der Waals surface area contributed by atoms with Gasteiger partial charge in [0.15, 0.2) is 0 Å². The number of carbonyl (C=O) groups is 1. The van der Waals surface area contributed by atoms with E-state index >= 15 is 0 Å². The van der Waals surface area contributed by atoms with Gasteiger partial charge in [-0.1, -0.05) is 18.2 Å². The first-order valence-electron chi connectivity index (χ1n) is 7.26. The number of para-hydroxylation sites is 1. The Kier molecular flexibility index (Phi) is 5.59. The van der Waals surface area contributed by atoms with Crippen LogP contribution in [-0.4, -0.2) is 44.5 Å². The summed E-state index contributed by atoms with van der Waals surface area (Å²) in [5.41, 5.74) is -0.789. The zero-order chi connectivity index (χ0) is 15.1. The molecule has 1 unspecified atom stereocenters. The Hall–Kier alpha value is -1.59. The van der Waals surface area contributed by atoms with Crippen molar-refractivity contribution in [3.05, 3.63) is 30.3 Å².